The predicted molar refractivity (Wildman–Crippen MR) is 87.8 cm³/mol. The van der Waals surface area contributed by atoms with E-state index in [1.807, 2.05) is 0 Å². The molecule has 1 aliphatic heterocycles. The second-order valence-corrected chi connectivity index (χ2v) is 6.77. The van der Waals surface area contributed by atoms with Crippen molar-refractivity contribution in [2.75, 3.05) is 17.6 Å². The van der Waals surface area contributed by atoms with Crippen molar-refractivity contribution in [2.24, 2.45) is 10.4 Å². The topological polar surface area (TPSA) is 24.4 Å². The molecule has 0 spiro atoms. The number of rotatable bonds is 3. The highest BCUT2D eigenvalue weighted by atomic mass is 35.5. The van der Waals surface area contributed by atoms with Gasteiger partial charge in [-0.1, -0.05) is 48.8 Å². The summed E-state index contributed by atoms with van der Waals surface area (Å²) in [6, 6.07) is 3.04. The molecule has 1 aromatic carbocycles. The van der Waals surface area contributed by atoms with Gasteiger partial charge in [0.25, 0.3) is 0 Å². The molecule has 1 aromatic rings. The summed E-state index contributed by atoms with van der Waals surface area (Å²) < 4.78 is 13.4. The minimum Gasteiger partial charge on any atom is -0.335 e. The Morgan fingerprint density at radius 2 is 1.90 bits per heavy atom. The van der Waals surface area contributed by atoms with Gasteiger partial charge in [-0.25, -0.2) is 4.39 Å². The summed E-state index contributed by atoms with van der Waals surface area (Å²) in [5, 5.41) is 4.01. The van der Waals surface area contributed by atoms with Gasteiger partial charge in [-0.05, 0) is 30.4 Å². The van der Waals surface area contributed by atoms with Crippen LogP contribution in [0.25, 0.3) is 0 Å². The zero-order valence-electron chi connectivity index (χ0n) is 11.5. The van der Waals surface area contributed by atoms with Crippen molar-refractivity contribution in [1.82, 2.24) is 0 Å². The molecule has 0 fully saturated rings. The van der Waals surface area contributed by atoms with Gasteiger partial charge in [0.15, 0.2) is 11.0 Å². The van der Waals surface area contributed by atoms with Crippen LogP contribution in [0.15, 0.2) is 17.1 Å². The Hall–Kier alpha value is -0.450. The molecule has 6 heteroatoms. The largest absolute Gasteiger partial charge is 0.335 e. The van der Waals surface area contributed by atoms with Gasteiger partial charge >= 0.3 is 0 Å². The number of anilines is 1. The SMILES string of the molecule is CCC1(CC)CN=C(Nc2cc(Cl)c(F)c(Cl)c2)SC1. The Bertz CT molecular complexity index is 507. The lowest BCUT2D eigenvalue weighted by Crippen LogP contribution is -2.32. The van der Waals surface area contributed by atoms with E-state index < -0.39 is 5.82 Å². The highest BCUT2D eigenvalue weighted by Crippen LogP contribution is 2.36. The van der Waals surface area contributed by atoms with E-state index in [1.165, 1.54) is 12.1 Å². The molecular formula is C14H17Cl2FN2S. The van der Waals surface area contributed by atoms with Crippen molar-refractivity contribution >= 4 is 45.8 Å². The number of amidine groups is 1. The molecule has 1 N–H and O–H groups in total. The number of thioether (sulfide) groups is 1. The number of aliphatic imine (C=N–C) groups is 1. The molecule has 1 heterocycles. The first-order valence-corrected chi connectivity index (χ1v) is 8.32. The van der Waals surface area contributed by atoms with E-state index >= 15 is 0 Å². The molecule has 0 aliphatic carbocycles. The van der Waals surface area contributed by atoms with Crippen LogP contribution in [0, 0.1) is 11.2 Å². The summed E-state index contributed by atoms with van der Waals surface area (Å²) in [7, 11) is 0. The van der Waals surface area contributed by atoms with E-state index in [0.29, 0.717) is 11.1 Å². The summed E-state index contributed by atoms with van der Waals surface area (Å²) in [5.41, 5.74) is 0.960. The fourth-order valence-electron chi connectivity index (χ4n) is 2.06. The molecule has 0 radical (unpaired) electrons. The Kier molecular flexibility index (Phi) is 5.21. The Morgan fingerprint density at radius 1 is 1.30 bits per heavy atom. The van der Waals surface area contributed by atoms with Gasteiger partial charge in [-0.3, -0.25) is 4.99 Å². The van der Waals surface area contributed by atoms with Crippen LogP contribution in [0.3, 0.4) is 0 Å². The molecular weight excluding hydrogens is 318 g/mol. The first kappa shape index (κ1) is 15.9. The van der Waals surface area contributed by atoms with Crippen molar-refractivity contribution in [3.8, 4) is 0 Å². The number of nitrogens with zero attached hydrogens (tertiary/aromatic N) is 1. The highest BCUT2D eigenvalue weighted by Gasteiger charge is 2.30. The number of nitrogens with one attached hydrogen (secondary N) is 1. The van der Waals surface area contributed by atoms with Crippen LogP contribution < -0.4 is 5.32 Å². The molecule has 0 saturated carbocycles. The lowest BCUT2D eigenvalue weighted by molar-refractivity contribution is 0.318. The number of halogens is 3. The molecule has 0 unspecified atom stereocenters. The molecule has 20 heavy (non-hydrogen) atoms. The third kappa shape index (κ3) is 3.41. The first-order chi connectivity index (χ1) is 9.49. The number of benzene rings is 1. The summed E-state index contributed by atoms with van der Waals surface area (Å²) in [5.74, 6) is 0.446. The van der Waals surface area contributed by atoms with Gasteiger partial charge < -0.3 is 5.32 Å². The Morgan fingerprint density at radius 3 is 2.35 bits per heavy atom. The van der Waals surface area contributed by atoms with Crippen LogP contribution in [0.4, 0.5) is 10.1 Å². The zero-order chi connectivity index (χ0) is 14.8. The van der Waals surface area contributed by atoms with Crippen LogP contribution in [0.1, 0.15) is 26.7 Å². The minimum atomic E-state index is -0.590. The average molecular weight is 335 g/mol. The van der Waals surface area contributed by atoms with Crippen molar-refractivity contribution in [2.45, 2.75) is 26.7 Å². The second kappa shape index (κ2) is 6.54. The predicted octanol–water partition coefficient (Wildman–Crippen LogP) is 5.45. The average Bonchev–Trinajstić information content (AvgIpc) is 2.46. The normalized spacial score (nSPS) is 17.8. The first-order valence-electron chi connectivity index (χ1n) is 6.58. The van der Waals surface area contributed by atoms with Gasteiger partial charge in [0.1, 0.15) is 0 Å². The van der Waals surface area contributed by atoms with Gasteiger partial charge in [-0.2, -0.15) is 0 Å². The summed E-state index contributed by atoms with van der Waals surface area (Å²) in [6.07, 6.45) is 2.25. The van der Waals surface area contributed by atoms with Crippen molar-refractivity contribution < 1.29 is 4.39 Å². The van der Waals surface area contributed by atoms with E-state index in [0.717, 1.165) is 30.3 Å². The molecule has 0 bridgehead atoms. The molecule has 2 rings (SSSR count). The fraction of sp³-hybridized carbons (Fsp3) is 0.500. The van der Waals surface area contributed by atoms with Crippen LogP contribution in [0.2, 0.25) is 10.0 Å². The molecule has 110 valence electrons. The van der Waals surface area contributed by atoms with Crippen molar-refractivity contribution in [3.63, 3.8) is 0 Å². The van der Waals surface area contributed by atoms with Crippen LogP contribution in [-0.4, -0.2) is 17.5 Å². The van der Waals surface area contributed by atoms with Crippen LogP contribution in [0.5, 0.6) is 0 Å². The molecule has 1 aliphatic rings. The quantitative estimate of drug-likeness (QED) is 0.743. The van der Waals surface area contributed by atoms with Crippen molar-refractivity contribution in [1.29, 1.82) is 0 Å². The third-order valence-corrected chi connectivity index (χ3v) is 5.62. The Labute approximate surface area is 133 Å². The maximum Gasteiger partial charge on any atom is 0.161 e. The number of hydrogen-bond acceptors (Lipinski definition) is 3. The van der Waals surface area contributed by atoms with Gasteiger partial charge in [0.2, 0.25) is 0 Å². The van der Waals surface area contributed by atoms with Crippen LogP contribution >= 0.6 is 35.0 Å². The standard InChI is InChI=1S/C14H17Cl2FN2S/c1-3-14(4-2)7-18-13(20-8-14)19-9-5-10(15)12(17)11(16)6-9/h5-6H,3-4,7-8H2,1-2H3,(H,18,19). The minimum absolute atomic E-state index is 0.0119. The van der Waals surface area contributed by atoms with Gasteiger partial charge in [0.05, 0.1) is 10.0 Å². The monoisotopic (exact) mass is 334 g/mol. The fourth-order valence-corrected chi connectivity index (χ4v) is 3.83. The number of hydrogen-bond donors (Lipinski definition) is 1. The van der Waals surface area contributed by atoms with E-state index in [9.17, 15) is 4.39 Å². The van der Waals surface area contributed by atoms with Gasteiger partial charge in [-0.15, -0.1) is 0 Å². The molecule has 0 aromatic heterocycles. The molecule has 0 saturated heterocycles. The lowest BCUT2D eigenvalue weighted by atomic mass is 9.84. The maximum absolute atomic E-state index is 13.4. The summed E-state index contributed by atoms with van der Waals surface area (Å²) in [4.78, 5) is 4.59. The van der Waals surface area contributed by atoms with E-state index in [-0.39, 0.29) is 10.0 Å². The molecule has 0 atom stereocenters. The Balaban J connectivity index is 2.11. The smallest absolute Gasteiger partial charge is 0.161 e. The van der Waals surface area contributed by atoms with E-state index in [4.69, 9.17) is 23.2 Å². The maximum atomic E-state index is 13.4. The highest BCUT2D eigenvalue weighted by molar-refractivity contribution is 8.14. The van der Waals surface area contributed by atoms with E-state index in [1.54, 1.807) is 11.8 Å². The molecule has 0 amide bonds. The van der Waals surface area contributed by atoms with Gasteiger partial charge in [0, 0.05) is 18.0 Å². The summed E-state index contributed by atoms with van der Waals surface area (Å²) in [6.45, 7) is 5.23. The zero-order valence-corrected chi connectivity index (χ0v) is 13.8. The summed E-state index contributed by atoms with van der Waals surface area (Å²) >= 11 is 13.3. The lowest BCUT2D eigenvalue weighted by Gasteiger charge is -2.33. The second-order valence-electron chi connectivity index (χ2n) is 5.00. The van der Waals surface area contributed by atoms with Crippen LogP contribution in [-0.2, 0) is 0 Å². The van der Waals surface area contributed by atoms with Crippen molar-refractivity contribution in [3.05, 3.63) is 28.0 Å². The third-order valence-electron chi connectivity index (χ3n) is 3.81. The van der Waals surface area contributed by atoms with E-state index in [2.05, 4.69) is 24.2 Å². The molecule has 2 nitrogen and oxygen atoms in total.